The van der Waals surface area contributed by atoms with Gasteiger partial charge in [0.2, 0.25) is 0 Å². The first-order valence-electron chi connectivity index (χ1n) is 4.77. The minimum Gasteiger partial charge on any atom is -0.294 e. The first-order chi connectivity index (χ1) is 7.70. The molecule has 0 aliphatic carbocycles. The van der Waals surface area contributed by atoms with E-state index in [-0.39, 0.29) is 5.78 Å². The molecule has 0 fully saturated rings. The normalized spacial score (nSPS) is 9.75. The van der Waals surface area contributed by atoms with Gasteiger partial charge >= 0.3 is 0 Å². The summed E-state index contributed by atoms with van der Waals surface area (Å²) in [6.07, 6.45) is 3.20. The fraction of sp³-hybridized carbons (Fsp3) is 0.0833. The number of hydrogen-bond acceptors (Lipinski definition) is 3. The van der Waals surface area contributed by atoms with Crippen LogP contribution in [0.15, 0.2) is 36.7 Å². The number of carbonyl (C=O) groups is 1. The lowest BCUT2D eigenvalue weighted by atomic mass is 10.2. The van der Waals surface area contributed by atoms with Crippen molar-refractivity contribution in [1.29, 1.82) is 5.26 Å². The maximum Gasteiger partial charge on any atom is 0.162 e. The van der Waals surface area contributed by atoms with Crippen molar-refractivity contribution in [2.75, 3.05) is 0 Å². The van der Waals surface area contributed by atoms with Gasteiger partial charge in [0.05, 0.1) is 29.1 Å². The smallest absolute Gasteiger partial charge is 0.162 e. The third-order valence-corrected chi connectivity index (χ3v) is 2.25. The second kappa shape index (κ2) is 3.99. The Hall–Kier alpha value is -2.41. The largest absolute Gasteiger partial charge is 0.294 e. The van der Waals surface area contributed by atoms with E-state index in [0.29, 0.717) is 11.1 Å². The van der Waals surface area contributed by atoms with Crippen LogP contribution in [-0.4, -0.2) is 15.6 Å². The molecular formula is C12H9N3O. The monoisotopic (exact) mass is 211 g/mol. The Labute approximate surface area is 92.7 Å². The summed E-state index contributed by atoms with van der Waals surface area (Å²) in [5, 5.41) is 12.7. The topological polar surface area (TPSA) is 58.7 Å². The Morgan fingerprint density at radius 3 is 2.56 bits per heavy atom. The van der Waals surface area contributed by atoms with E-state index in [0.717, 1.165) is 5.69 Å². The second-order valence-corrected chi connectivity index (χ2v) is 3.39. The van der Waals surface area contributed by atoms with Crippen molar-refractivity contribution < 1.29 is 4.79 Å². The van der Waals surface area contributed by atoms with E-state index < -0.39 is 0 Å². The molecule has 78 valence electrons. The summed E-state index contributed by atoms with van der Waals surface area (Å²) in [4.78, 5) is 11.1. The molecule has 1 aromatic carbocycles. The molecule has 0 saturated carbocycles. The zero-order valence-corrected chi connectivity index (χ0v) is 8.71. The molecule has 2 aromatic rings. The van der Waals surface area contributed by atoms with Crippen molar-refractivity contribution >= 4 is 5.78 Å². The lowest BCUT2D eigenvalue weighted by Crippen LogP contribution is -1.94. The molecule has 0 unspecified atom stereocenters. The van der Waals surface area contributed by atoms with Crippen LogP contribution >= 0.6 is 0 Å². The fourth-order valence-electron chi connectivity index (χ4n) is 1.33. The lowest BCUT2D eigenvalue weighted by Gasteiger charge is -1.99. The number of Topliss-reactive ketones (excluding diaryl/α,β-unsaturated/α-hetero) is 1. The van der Waals surface area contributed by atoms with Crippen LogP contribution in [0, 0.1) is 11.3 Å². The summed E-state index contributed by atoms with van der Waals surface area (Å²) in [6.45, 7) is 1.50. The first-order valence-corrected chi connectivity index (χ1v) is 4.77. The maximum absolute atomic E-state index is 11.1. The highest BCUT2D eigenvalue weighted by Crippen LogP contribution is 2.09. The van der Waals surface area contributed by atoms with Crippen LogP contribution in [0.5, 0.6) is 0 Å². The number of aromatic nitrogens is 2. The first kappa shape index (κ1) is 10.1. The highest BCUT2D eigenvalue weighted by molar-refractivity contribution is 5.93. The molecule has 0 aliphatic rings. The molecule has 0 N–H and O–H groups in total. The third kappa shape index (κ3) is 1.84. The Balaban J connectivity index is 2.36. The molecule has 1 heterocycles. The van der Waals surface area contributed by atoms with Gasteiger partial charge < -0.3 is 0 Å². The number of nitrogens with zero attached hydrogens (tertiary/aromatic N) is 3. The number of rotatable bonds is 2. The van der Waals surface area contributed by atoms with E-state index in [1.165, 1.54) is 13.1 Å². The van der Waals surface area contributed by atoms with Crippen LogP contribution in [0.25, 0.3) is 5.69 Å². The van der Waals surface area contributed by atoms with Crippen LogP contribution in [0.3, 0.4) is 0 Å². The Kier molecular flexibility index (Phi) is 2.52. The summed E-state index contributed by atoms with van der Waals surface area (Å²) in [7, 11) is 0. The molecule has 1 aromatic heterocycles. The minimum atomic E-state index is -0.0140. The van der Waals surface area contributed by atoms with E-state index in [2.05, 4.69) is 5.10 Å². The molecule has 4 heteroatoms. The molecule has 0 aliphatic heterocycles. The van der Waals surface area contributed by atoms with Crippen LogP contribution in [0.2, 0.25) is 0 Å². The summed E-state index contributed by atoms with van der Waals surface area (Å²) < 4.78 is 1.61. The maximum atomic E-state index is 11.1. The van der Waals surface area contributed by atoms with Gasteiger partial charge in [-0.3, -0.25) is 4.79 Å². The predicted octanol–water partition coefficient (Wildman–Crippen LogP) is 1.95. The summed E-state index contributed by atoms with van der Waals surface area (Å²) in [5.74, 6) is -0.0140. The Bertz CT molecular complexity index is 561. The molecule has 0 spiro atoms. The van der Waals surface area contributed by atoms with Crippen molar-refractivity contribution in [1.82, 2.24) is 9.78 Å². The quantitative estimate of drug-likeness (QED) is 0.713. The number of ketones is 1. The van der Waals surface area contributed by atoms with Crippen molar-refractivity contribution in [3.05, 3.63) is 47.8 Å². The molecule has 0 atom stereocenters. The molecule has 2 rings (SSSR count). The molecule has 0 saturated heterocycles. The van der Waals surface area contributed by atoms with Crippen molar-refractivity contribution in [2.24, 2.45) is 0 Å². The van der Waals surface area contributed by atoms with E-state index in [9.17, 15) is 4.79 Å². The van der Waals surface area contributed by atoms with Crippen LogP contribution in [0.1, 0.15) is 22.8 Å². The van der Waals surface area contributed by atoms with Gasteiger partial charge in [-0.05, 0) is 31.2 Å². The molecule has 0 radical (unpaired) electrons. The van der Waals surface area contributed by atoms with Gasteiger partial charge in [0.15, 0.2) is 5.78 Å². The Morgan fingerprint density at radius 2 is 2.06 bits per heavy atom. The fourth-order valence-corrected chi connectivity index (χ4v) is 1.33. The van der Waals surface area contributed by atoms with Crippen LogP contribution < -0.4 is 0 Å². The van der Waals surface area contributed by atoms with Gasteiger partial charge in [0.1, 0.15) is 0 Å². The van der Waals surface area contributed by atoms with Gasteiger partial charge in [-0.25, -0.2) is 4.68 Å². The van der Waals surface area contributed by atoms with Crippen LogP contribution in [0.4, 0.5) is 0 Å². The van der Waals surface area contributed by atoms with E-state index in [4.69, 9.17) is 5.26 Å². The van der Waals surface area contributed by atoms with E-state index in [1.807, 2.05) is 6.07 Å². The number of benzene rings is 1. The van der Waals surface area contributed by atoms with E-state index in [1.54, 1.807) is 35.1 Å². The molecule has 0 amide bonds. The highest BCUT2D eigenvalue weighted by atomic mass is 16.1. The second-order valence-electron chi connectivity index (χ2n) is 3.39. The SMILES string of the molecule is CC(=O)c1cnn(-c2ccc(C#N)cc2)c1. The third-order valence-electron chi connectivity index (χ3n) is 2.25. The van der Waals surface area contributed by atoms with Gasteiger partial charge in [-0.1, -0.05) is 0 Å². The predicted molar refractivity (Wildman–Crippen MR) is 58.3 cm³/mol. The van der Waals surface area contributed by atoms with Gasteiger partial charge in [-0.15, -0.1) is 0 Å². The van der Waals surface area contributed by atoms with Crippen molar-refractivity contribution in [3.8, 4) is 11.8 Å². The summed E-state index contributed by atoms with van der Waals surface area (Å²) in [6, 6.07) is 9.05. The van der Waals surface area contributed by atoms with Gasteiger partial charge in [0.25, 0.3) is 0 Å². The number of carbonyl (C=O) groups excluding carboxylic acids is 1. The molecule has 4 nitrogen and oxygen atoms in total. The Morgan fingerprint density at radius 1 is 1.38 bits per heavy atom. The van der Waals surface area contributed by atoms with Crippen molar-refractivity contribution in [3.63, 3.8) is 0 Å². The number of hydrogen-bond donors (Lipinski definition) is 0. The van der Waals surface area contributed by atoms with Crippen LogP contribution in [-0.2, 0) is 0 Å². The zero-order valence-electron chi connectivity index (χ0n) is 8.71. The van der Waals surface area contributed by atoms with Gasteiger partial charge in [-0.2, -0.15) is 10.4 Å². The molecular weight excluding hydrogens is 202 g/mol. The average Bonchev–Trinajstić information content (AvgIpc) is 2.78. The highest BCUT2D eigenvalue weighted by Gasteiger charge is 2.04. The molecule has 0 bridgehead atoms. The molecule has 16 heavy (non-hydrogen) atoms. The number of nitriles is 1. The standard InChI is InChI=1S/C12H9N3O/c1-9(16)11-7-14-15(8-11)12-4-2-10(6-13)3-5-12/h2-5,7-8H,1H3. The summed E-state index contributed by atoms with van der Waals surface area (Å²) in [5.41, 5.74) is 2.00. The van der Waals surface area contributed by atoms with E-state index >= 15 is 0 Å². The van der Waals surface area contributed by atoms with Crippen molar-refractivity contribution in [2.45, 2.75) is 6.92 Å². The van der Waals surface area contributed by atoms with Gasteiger partial charge in [0, 0.05) is 6.20 Å². The minimum absolute atomic E-state index is 0.0140. The lowest BCUT2D eigenvalue weighted by molar-refractivity contribution is 0.101. The average molecular weight is 211 g/mol. The summed E-state index contributed by atoms with van der Waals surface area (Å²) >= 11 is 0. The zero-order chi connectivity index (χ0) is 11.5.